The van der Waals surface area contributed by atoms with Crippen molar-refractivity contribution in [3.63, 3.8) is 0 Å². The minimum Gasteiger partial charge on any atom is -0.443 e. The molecule has 0 amide bonds. The Labute approximate surface area is 155 Å². The minimum atomic E-state index is 0.821. The van der Waals surface area contributed by atoms with Crippen LogP contribution in [0.2, 0.25) is 0 Å². The van der Waals surface area contributed by atoms with E-state index in [9.17, 15) is 0 Å². The number of aromatic nitrogens is 1. The van der Waals surface area contributed by atoms with E-state index in [1.54, 1.807) is 0 Å². The summed E-state index contributed by atoms with van der Waals surface area (Å²) in [6.45, 7) is 0. The monoisotopic (exact) mass is 345 g/mol. The van der Waals surface area contributed by atoms with Gasteiger partial charge in [0.25, 0.3) is 0 Å². The van der Waals surface area contributed by atoms with E-state index >= 15 is 0 Å². The normalized spacial score (nSPS) is 11.7. The number of hydrogen-bond donors (Lipinski definition) is 0. The smallest absolute Gasteiger partial charge is 0.182 e. The first-order valence-electron chi connectivity index (χ1n) is 9.06. The second kappa shape index (κ2) is 5.42. The van der Waals surface area contributed by atoms with Crippen LogP contribution >= 0.6 is 0 Å². The highest BCUT2D eigenvalue weighted by Crippen LogP contribution is 2.42. The van der Waals surface area contributed by atoms with Crippen molar-refractivity contribution < 1.29 is 4.42 Å². The molecule has 0 aliphatic carbocycles. The van der Waals surface area contributed by atoms with Gasteiger partial charge in [0.1, 0.15) is 5.52 Å². The average Bonchev–Trinajstić information content (AvgIpc) is 3.23. The maximum atomic E-state index is 5.62. The molecule has 0 radical (unpaired) electrons. The first-order chi connectivity index (χ1) is 13.4. The summed E-state index contributed by atoms with van der Waals surface area (Å²) in [5.41, 5.74) is 4.17. The van der Waals surface area contributed by atoms with Gasteiger partial charge in [-0.15, -0.1) is 0 Å². The Kier molecular flexibility index (Phi) is 2.91. The van der Waals surface area contributed by atoms with Crippen molar-refractivity contribution in [3.8, 4) is 11.1 Å². The molecule has 126 valence electrons. The van der Waals surface area contributed by atoms with Crippen LogP contribution in [0.3, 0.4) is 0 Å². The zero-order valence-electron chi connectivity index (χ0n) is 14.5. The second-order valence-corrected chi connectivity index (χ2v) is 6.83. The molecule has 6 aromatic rings. The molecule has 0 N–H and O–H groups in total. The van der Waals surface area contributed by atoms with Gasteiger partial charge >= 0.3 is 0 Å². The highest BCUT2D eigenvalue weighted by molar-refractivity contribution is 6.33. The van der Waals surface area contributed by atoms with Gasteiger partial charge in [0.2, 0.25) is 0 Å². The van der Waals surface area contributed by atoms with Gasteiger partial charge in [-0.25, -0.2) is 4.98 Å². The standard InChI is InChI=1S/C25H15NO/c1-2-7-16(8-3-1)17-11-6-12-20-18-9-4-5-10-19(18)21-13-14-22-25(26-15-27-22)24(21)23(17)20/h1-15H. The first kappa shape index (κ1) is 14.5. The van der Waals surface area contributed by atoms with Gasteiger partial charge in [-0.1, -0.05) is 72.8 Å². The Morgan fingerprint density at radius 3 is 2.07 bits per heavy atom. The van der Waals surface area contributed by atoms with E-state index in [4.69, 9.17) is 4.42 Å². The summed E-state index contributed by atoms with van der Waals surface area (Å²) in [5, 5.41) is 7.36. The lowest BCUT2D eigenvalue weighted by Crippen LogP contribution is -1.88. The summed E-state index contributed by atoms with van der Waals surface area (Å²) >= 11 is 0. The molecule has 0 saturated carbocycles. The SMILES string of the molecule is c1ccc(-c2cccc3c4ccccc4c4ccc5ocnc5c4c23)cc1. The van der Waals surface area contributed by atoms with E-state index in [1.165, 1.54) is 44.5 Å². The van der Waals surface area contributed by atoms with Crippen LogP contribution in [-0.4, -0.2) is 4.98 Å². The molecule has 0 aliphatic rings. The highest BCUT2D eigenvalue weighted by Gasteiger charge is 2.16. The lowest BCUT2D eigenvalue weighted by molar-refractivity contribution is 0.602. The number of benzene rings is 5. The summed E-state index contributed by atoms with van der Waals surface area (Å²) in [5.74, 6) is 0. The summed E-state index contributed by atoms with van der Waals surface area (Å²) in [4.78, 5) is 4.57. The molecule has 27 heavy (non-hydrogen) atoms. The van der Waals surface area contributed by atoms with Gasteiger partial charge in [0, 0.05) is 10.8 Å². The maximum absolute atomic E-state index is 5.62. The van der Waals surface area contributed by atoms with E-state index < -0.39 is 0 Å². The fraction of sp³-hybridized carbons (Fsp3) is 0. The lowest BCUT2D eigenvalue weighted by Gasteiger charge is -2.14. The molecule has 0 aliphatic heterocycles. The van der Waals surface area contributed by atoms with Crippen LogP contribution in [0.15, 0.2) is 95.7 Å². The maximum Gasteiger partial charge on any atom is 0.182 e. The van der Waals surface area contributed by atoms with Gasteiger partial charge < -0.3 is 4.42 Å². The predicted octanol–water partition coefficient (Wildman–Crippen LogP) is 6.95. The molecule has 5 aromatic carbocycles. The average molecular weight is 345 g/mol. The van der Waals surface area contributed by atoms with Gasteiger partial charge in [-0.3, -0.25) is 0 Å². The third-order valence-electron chi connectivity index (χ3n) is 5.41. The molecule has 1 aromatic heterocycles. The Bertz CT molecular complexity index is 1460. The number of hydrogen-bond acceptors (Lipinski definition) is 2. The van der Waals surface area contributed by atoms with Crippen LogP contribution in [0.1, 0.15) is 0 Å². The molecule has 2 nitrogen and oxygen atoms in total. The van der Waals surface area contributed by atoms with Crippen LogP contribution in [0, 0.1) is 0 Å². The van der Waals surface area contributed by atoms with E-state index in [2.05, 4.69) is 83.8 Å². The van der Waals surface area contributed by atoms with Gasteiger partial charge in [-0.2, -0.15) is 0 Å². The summed E-state index contributed by atoms with van der Waals surface area (Å²) in [7, 11) is 0. The Balaban J connectivity index is 1.98. The van der Waals surface area contributed by atoms with Gasteiger partial charge in [-0.05, 0) is 44.8 Å². The Morgan fingerprint density at radius 1 is 0.556 bits per heavy atom. The zero-order chi connectivity index (χ0) is 17.8. The lowest BCUT2D eigenvalue weighted by atomic mass is 9.89. The fourth-order valence-electron chi connectivity index (χ4n) is 4.27. The molecule has 2 heteroatoms. The number of nitrogens with zero attached hydrogens (tertiary/aromatic N) is 1. The number of fused-ring (bicyclic) bond motifs is 8. The predicted molar refractivity (Wildman–Crippen MR) is 112 cm³/mol. The van der Waals surface area contributed by atoms with Crippen LogP contribution < -0.4 is 0 Å². The molecular weight excluding hydrogens is 330 g/mol. The number of rotatable bonds is 1. The van der Waals surface area contributed by atoms with E-state index in [0.29, 0.717) is 0 Å². The topological polar surface area (TPSA) is 26.0 Å². The van der Waals surface area contributed by atoms with Crippen molar-refractivity contribution >= 4 is 43.4 Å². The van der Waals surface area contributed by atoms with Crippen molar-refractivity contribution in [2.45, 2.75) is 0 Å². The van der Waals surface area contributed by atoms with Gasteiger partial charge in [0.15, 0.2) is 12.0 Å². The largest absolute Gasteiger partial charge is 0.443 e. The van der Waals surface area contributed by atoms with Crippen LogP contribution in [0.4, 0.5) is 0 Å². The summed E-state index contributed by atoms with van der Waals surface area (Å²) < 4.78 is 5.62. The molecule has 1 heterocycles. The number of oxazole rings is 1. The third-order valence-corrected chi connectivity index (χ3v) is 5.41. The summed E-state index contributed by atoms with van der Waals surface area (Å²) in [6.07, 6.45) is 1.54. The Hall–Kier alpha value is -3.65. The molecule has 0 atom stereocenters. The minimum absolute atomic E-state index is 0.821. The van der Waals surface area contributed by atoms with Crippen LogP contribution in [-0.2, 0) is 0 Å². The van der Waals surface area contributed by atoms with Crippen molar-refractivity contribution in [2.24, 2.45) is 0 Å². The van der Waals surface area contributed by atoms with Crippen molar-refractivity contribution in [2.75, 3.05) is 0 Å². The van der Waals surface area contributed by atoms with Crippen LogP contribution in [0.25, 0.3) is 54.5 Å². The van der Waals surface area contributed by atoms with E-state index in [-0.39, 0.29) is 0 Å². The molecule has 0 fully saturated rings. The molecule has 6 rings (SSSR count). The van der Waals surface area contributed by atoms with E-state index in [0.717, 1.165) is 16.5 Å². The summed E-state index contributed by atoms with van der Waals surface area (Å²) in [6, 6.07) is 29.9. The van der Waals surface area contributed by atoms with Crippen molar-refractivity contribution in [3.05, 3.63) is 91.3 Å². The molecular formula is C25H15NO. The molecule has 0 saturated heterocycles. The first-order valence-corrected chi connectivity index (χ1v) is 9.06. The van der Waals surface area contributed by atoms with Crippen molar-refractivity contribution in [1.82, 2.24) is 4.98 Å². The Morgan fingerprint density at radius 2 is 1.26 bits per heavy atom. The fourth-order valence-corrected chi connectivity index (χ4v) is 4.27. The molecule has 0 spiro atoms. The highest BCUT2D eigenvalue weighted by atomic mass is 16.3. The van der Waals surface area contributed by atoms with Crippen molar-refractivity contribution in [1.29, 1.82) is 0 Å². The van der Waals surface area contributed by atoms with Crippen LogP contribution in [0.5, 0.6) is 0 Å². The van der Waals surface area contributed by atoms with E-state index in [1.807, 2.05) is 6.07 Å². The third kappa shape index (κ3) is 1.98. The molecule has 0 unspecified atom stereocenters. The zero-order valence-corrected chi connectivity index (χ0v) is 14.5. The quantitative estimate of drug-likeness (QED) is 0.301. The second-order valence-electron chi connectivity index (χ2n) is 6.83. The van der Waals surface area contributed by atoms with Gasteiger partial charge in [0.05, 0.1) is 0 Å². The molecule has 0 bridgehead atoms.